The molecule has 0 amide bonds. The summed E-state index contributed by atoms with van der Waals surface area (Å²) in [6.07, 6.45) is 0.418. The maximum absolute atomic E-state index is 11.8. The second-order valence-corrected chi connectivity index (χ2v) is 4.64. The maximum Gasteiger partial charge on any atom is 0.313 e. The van der Waals surface area contributed by atoms with E-state index in [1.165, 1.54) is 6.92 Å². The van der Waals surface area contributed by atoms with Crippen LogP contribution in [0.15, 0.2) is 0 Å². The molecular formula is C12H22O4. The number of hydrogen-bond acceptors (Lipinski definition) is 4. The Bertz CT molecular complexity index is 256. The molecular weight excluding hydrogens is 208 g/mol. The molecule has 0 spiro atoms. The zero-order chi connectivity index (χ0) is 12.9. The molecule has 0 aromatic heterocycles. The first-order chi connectivity index (χ1) is 7.20. The predicted octanol–water partition coefficient (Wildman–Crippen LogP) is 2.31. The van der Waals surface area contributed by atoms with Crippen molar-refractivity contribution < 1.29 is 19.1 Å². The van der Waals surface area contributed by atoms with Gasteiger partial charge in [-0.05, 0) is 34.1 Å². The van der Waals surface area contributed by atoms with Gasteiger partial charge in [0.2, 0.25) is 0 Å². The van der Waals surface area contributed by atoms with Crippen molar-refractivity contribution in [2.75, 3.05) is 0 Å². The Kier molecular flexibility index (Phi) is 5.48. The van der Waals surface area contributed by atoms with Crippen LogP contribution in [0.5, 0.6) is 0 Å². The van der Waals surface area contributed by atoms with E-state index in [9.17, 15) is 9.59 Å². The van der Waals surface area contributed by atoms with E-state index in [0.717, 1.165) is 0 Å². The molecule has 0 aliphatic rings. The van der Waals surface area contributed by atoms with Crippen LogP contribution in [0, 0.1) is 5.92 Å². The number of carbonyl (C=O) groups excluding carboxylic acids is 2. The first kappa shape index (κ1) is 14.9. The zero-order valence-corrected chi connectivity index (χ0v) is 11.0. The van der Waals surface area contributed by atoms with Gasteiger partial charge in [-0.3, -0.25) is 9.59 Å². The molecule has 0 saturated heterocycles. The summed E-state index contributed by atoms with van der Waals surface area (Å²) < 4.78 is 10.3. The lowest BCUT2D eigenvalue weighted by atomic mass is 9.88. The Balaban J connectivity index is 4.69. The molecule has 1 unspecified atom stereocenters. The van der Waals surface area contributed by atoms with Crippen LogP contribution >= 0.6 is 0 Å². The maximum atomic E-state index is 11.8. The van der Waals surface area contributed by atoms with Crippen LogP contribution in [0.3, 0.4) is 0 Å². The van der Waals surface area contributed by atoms with Gasteiger partial charge in [0.05, 0.1) is 12.0 Å². The van der Waals surface area contributed by atoms with Crippen molar-refractivity contribution in [3.8, 4) is 0 Å². The highest BCUT2D eigenvalue weighted by molar-refractivity contribution is 5.75. The van der Waals surface area contributed by atoms with E-state index < -0.39 is 11.5 Å². The van der Waals surface area contributed by atoms with Crippen molar-refractivity contribution in [3.05, 3.63) is 0 Å². The summed E-state index contributed by atoms with van der Waals surface area (Å²) in [5.74, 6) is -1.14. The van der Waals surface area contributed by atoms with Gasteiger partial charge in [-0.2, -0.15) is 0 Å². The Morgan fingerprint density at radius 2 is 1.75 bits per heavy atom. The van der Waals surface area contributed by atoms with Crippen molar-refractivity contribution in [1.29, 1.82) is 0 Å². The standard InChI is InChI=1S/C12H22O4/c1-7-10(11(14)15-8(2)3)12(5,6)16-9(4)13/h8,10H,7H2,1-6H3. The number of carbonyl (C=O) groups is 2. The molecule has 0 saturated carbocycles. The highest BCUT2D eigenvalue weighted by atomic mass is 16.6. The summed E-state index contributed by atoms with van der Waals surface area (Å²) in [6.45, 7) is 10.3. The van der Waals surface area contributed by atoms with Crippen molar-refractivity contribution in [1.82, 2.24) is 0 Å². The fourth-order valence-electron chi connectivity index (χ4n) is 1.70. The van der Waals surface area contributed by atoms with Crippen molar-refractivity contribution in [2.24, 2.45) is 5.92 Å². The second-order valence-electron chi connectivity index (χ2n) is 4.64. The smallest absolute Gasteiger partial charge is 0.313 e. The van der Waals surface area contributed by atoms with E-state index in [0.29, 0.717) is 6.42 Å². The SMILES string of the molecule is CCC(C(=O)OC(C)C)C(C)(C)OC(C)=O. The van der Waals surface area contributed by atoms with Gasteiger partial charge < -0.3 is 9.47 Å². The number of ether oxygens (including phenoxy) is 2. The Morgan fingerprint density at radius 1 is 1.25 bits per heavy atom. The average Bonchev–Trinajstić information content (AvgIpc) is 1.99. The third-order valence-corrected chi connectivity index (χ3v) is 2.29. The summed E-state index contributed by atoms with van der Waals surface area (Å²) in [5, 5.41) is 0. The van der Waals surface area contributed by atoms with Crippen LogP contribution in [-0.4, -0.2) is 23.6 Å². The third kappa shape index (κ3) is 4.64. The van der Waals surface area contributed by atoms with Crippen LogP contribution in [0.2, 0.25) is 0 Å². The molecule has 0 aromatic carbocycles. The predicted molar refractivity (Wildman–Crippen MR) is 60.9 cm³/mol. The van der Waals surface area contributed by atoms with E-state index in [2.05, 4.69) is 0 Å². The lowest BCUT2D eigenvalue weighted by Gasteiger charge is -2.31. The van der Waals surface area contributed by atoms with E-state index in [1.54, 1.807) is 27.7 Å². The van der Waals surface area contributed by atoms with Crippen LogP contribution in [0.25, 0.3) is 0 Å². The molecule has 0 aliphatic carbocycles. The number of rotatable bonds is 5. The molecule has 4 heteroatoms. The molecule has 16 heavy (non-hydrogen) atoms. The lowest BCUT2D eigenvalue weighted by molar-refractivity contribution is -0.172. The number of hydrogen-bond donors (Lipinski definition) is 0. The minimum atomic E-state index is -0.827. The molecule has 0 aliphatic heterocycles. The molecule has 94 valence electrons. The monoisotopic (exact) mass is 230 g/mol. The minimum Gasteiger partial charge on any atom is -0.463 e. The molecule has 0 radical (unpaired) electrons. The molecule has 4 nitrogen and oxygen atoms in total. The third-order valence-electron chi connectivity index (χ3n) is 2.29. The van der Waals surface area contributed by atoms with Crippen molar-refractivity contribution in [2.45, 2.75) is 59.7 Å². The van der Waals surface area contributed by atoms with Gasteiger partial charge in [-0.15, -0.1) is 0 Å². The van der Waals surface area contributed by atoms with Crippen LogP contribution in [0.4, 0.5) is 0 Å². The Hall–Kier alpha value is -1.06. The topological polar surface area (TPSA) is 52.6 Å². The van der Waals surface area contributed by atoms with E-state index in [-0.39, 0.29) is 18.0 Å². The first-order valence-electron chi connectivity index (χ1n) is 5.60. The highest BCUT2D eigenvalue weighted by Crippen LogP contribution is 2.26. The van der Waals surface area contributed by atoms with Gasteiger partial charge in [0.25, 0.3) is 0 Å². The molecule has 1 atom stereocenters. The zero-order valence-electron chi connectivity index (χ0n) is 11.0. The van der Waals surface area contributed by atoms with E-state index >= 15 is 0 Å². The molecule has 0 rings (SSSR count). The van der Waals surface area contributed by atoms with Gasteiger partial charge in [-0.1, -0.05) is 6.92 Å². The summed E-state index contributed by atoms with van der Waals surface area (Å²) in [6, 6.07) is 0. The minimum absolute atomic E-state index is 0.158. The summed E-state index contributed by atoms with van der Waals surface area (Å²) >= 11 is 0. The van der Waals surface area contributed by atoms with E-state index in [1.807, 2.05) is 6.92 Å². The summed E-state index contributed by atoms with van der Waals surface area (Å²) in [5.41, 5.74) is -0.827. The Labute approximate surface area is 97.3 Å². The van der Waals surface area contributed by atoms with Gasteiger partial charge in [0.15, 0.2) is 0 Å². The summed E-state index contributed by atoms with van der Waals surface area (Å²) in [7, 11) is 0. The van der Waals surface area contributed by atoms with Crippen LogP contribution < -0.4 is 0 Å². The van der Waals surface area contributed by atoms with Gasteiger partial charge in [0.1, 0.15) is 5.60 Å². The largest absolute Gasteiger partial charge is 0.463 e. The molecule has 0 N–H and O–H groups in total. The van der Waals surface area contributed by atoms with Crippen molar-refractivity contribution >= 4 is 11.9 Å². The fourth-order valence-corrected chi connectivity index (χ4v) is 1.70. The van der Waals surface area contributed by atoms with Crippen LogP contribution in [0.1, 0.15) is 48.0 Å². The lowest BCUT2D eigenvalue weighted by Crippen LogP contribution is -2.41. The molecule has 0 fully saturated rings. The Morgan fingerprint density at radius 3 is 2.06 bits per heavy atom. The van der Waals surface area contributed by atoms with Gasteiger partial charge in [-0.25, -0.2) is 0 Å². The van der Waals surface area contributed by atoms with Gasteiger partial charge >= 0.3 is 11.9 Å². The normalized spacial score (nSPS) is 13.4. The second kappa shape index (κ2) is 5.87. The van der Waals surface area contributed by atoms with Crippen molar-refractivity contribution in [3.63, 3.8) is 0 Å². The molecule has 0 bridgehead atoms. The highest BCUT2D eigenvalue weighted by Gasteiger charge is 2.38. The number of esters is 2. The first-order valence-corrected chi connectivity index (χ1v) is 5.60. The van der Waals surface area contributed by atoms with Crippen LogP contribution in [-0.2, 0) is 19.1 Å². The fraction of sp³-hybridized carbons (Fsp3) is 0.833. The molecule has 0 aromatic rings. The van der Waals surface area contributed by atoms with E-state index in [4.69, 9.17) is 9.47 Å². The quantitative estimate of drug-likeness (QED) is 0.680. The summed E-state index contributed by atoms with van der Waals surface area (Å²) in [4.78, 5) is 22.7. The molecule has 0 heterocycles. The average molecular weight is 230 g/mol. The van der Waals surface area contributed by atoms with Gasteiger partial charge in [0, 0.05) is 6.92 Å².